The van der Waals surface area contributed by atoms with Crippen molar-refractivity contribution in [2.75, 3.05) is 51.7 Å². The number of carbonyl (C=O) groups is 1. The van der Waals surface area contributed by atoms with Crippen molar-refractivity contribution >= 4 is 34.0 Å². The van der Waals surface area contributed by atoms with E-state index in [9.17, 15) is 4.79 Å². The summed E-state index contributed by atoms with van der Waals surface area (Å²) in [4.78, 5) is 29.5. The van der Waals surface area contributed by atoms with Crippen LogP contribution in [-0.4, -0.2) is 89.8 Å². The van der Waals surface area contributed by atoms with Crippen LogP contribution < -0.4 is 5.32 Å². The SMILES string of the molecule is C=C(C)C(=NC(C)=NC)c1c[nH]c2c(NC(=O)C(C)N3CCN(CCO)CC3)cccc12. The van der Waals surface area contributed by atoms with Crippen molar-refractivity contribution < 1.29 is 9.90 Å². The average molecular weight is 439 g/mol. The lowest BCUT2D eigenvalue weighted by Gasteiger charge is -2.37. The third kappa shape index (κ3) is 5.32. The molecule has 0 bridgehead atoms. The van der Waals surface area contributed by atoms with Gasteiger partial charge in [0.25, 0.3) is 0 Å². The van der Waals surface area contributed by atoms with Crippen LogP contribution in [0.25, 0.3) is 10.9 Å². The highest BCUT2D eigenvalue weighted by molar-refractivity contribution is 6.22. The first-order valence-corrected chi connectivity index (χ1v) is 11.0. The molecule has 1 saturated heterocycles. The lowest BCUT2D eigenvalue weighted by atomic mass is 10.0. The molecular weight excluding hydrogens is 404 g/mol. The van der Waals surface area contributed by atoms with Gasteiger partial charge in [0.05, 0.1) is 29.6 Å². The van der Waals surface area contributed by atoms with Crippen LogP contribution in [0.3, 0.4) is 0 Å². The van der Waals surface area contributed by atoms with Crippen LogP contribution in [0.1, 0.15) is 26.3 Å². The Kier molecular flexibility index (Phi) is 7.95. The number of allylic oxidation sites excluding steroid dienone is 1. The van der Waals surface area contributed by atoms with Crippen molar-refractivity contribution in [3.63, 3.8) is 0 Å². The fraction of sp³-hybridized carbons (Fsp3) is 0.458. The highest BCUT2D eigenvalue weighted by Gasteiger charge is 2.26. The summed E-state index contributed by atoms with van der Waals surface area (Å²) in [5.74, 6) is 0.640. The number of rotatable bonds is 7. The fourth-order valence-electron chi connectivity index (χ4n) is 3.97. The van der Waals surface area contributed by atoms with Crippen LogP contribution in [0.15, 0.2) is 46.5 Å². The normalized spacial score (nSPS) is 17.5. The Morgan fingerprint density at radius 1 is 1.28 bits per heavy atom. The molecule has 1 aliphatic rings. The summed E-state index contributed by atoms with van der Waals surface area (Å²) in [7, 11) is 1.71. The number of fused-ring (bicyclic) bond motifs is 1. The Bertz CT molecular complexity index is 1030. The van der Waals surface area contributed by atoms with Crippen LogP contribution in [0, 0.1) is 0 Å². The molecule has 8 heteroatoms. The van der Waals surface area contributed by atoms with E-state index >= 15 is 0 Å². The third-order valence-electron chi connectivity index (χ3n) is 5.98. The summed E-state index contributed by atoms with van der Waals surface area (Å²) in [5.41, 5.74) is 4.15. The number of hydrogen-bond acceptors (Lipinski definition) is 5. The summed E-state index contributed by atoms with van der Waals surface area (Å²) in [5, 5.41) is 13.2. The van der Waals surface area contributed by atoms with Crippen molar-refractivity contribution in [2.24, 2.45) is 9.98 Å². The van der Waals surface area contributed by atoms with Crippen molar-refractivity contribution in [3.8, 4) is 0 Å². The number of H-pyrrole nitrogens is 1. The number of aromatic amines is 1. The van der Waals surface area contributed by atoms with Crippen LogP contribution in [0.2, 0.25) is 0 Å². The molecule has 1 aromatic heterocycles. The van der Waals surface area contributed by atoms with Gasteiger partial charge in [0, 0.05) is 56.9 Å². The molecule has 1 amide bonds. The number of anilines is 1. The first-order valence-electron chi connectivity index (χ1n) is 11.0. The van der Waals surface area contributed by atoms with E-state index in [0.29, 0.717) is 12.4 Å². The van der Waals surface area contributed by atoms with Crippen molar-refractivity contribution in [2.45, 2.75) is 26.8 Å². The van der Waals surface area contributed by atoms with E-state index in [1.165, 1.54) is 0 Å². The number of aliphatic imine (C=N–C) groups is 2. The number of amidine groups is 1. The van der Waals surface area contributed by atoms with E-state index in [-0.39, 0.29) is 18.6 Å². The number of piperazine rings is 1. The molecule has 1 aliphatic heterocycles. The van der Waals surface area contributed by atoms with E-state index in [4.69, 9.17) is 5.11 Å². The number of aromatic nitrogens is 1. The van der Waals surface area contributed by atoms with E-state index < -0.39 is 0 Å². The summed E-state index contributed by atoms with van der Waals surface area (Å²) >= 11 is 0. The Labute approximate surface area is 189 Å². The number of hydrogen-bond donors (Lipinski definition) is 3. The van der Waals surface area contributed by atoms with Gasteiger partial charge in [-0.05, 0) is 32.4 Å². The van der Waals surface area contributed by atoms with Gasteiger partial charge >= 0.3 is 0 Å². The quantitative estimate of drug-likeness (QED) is 0.457. The Hall–Kier alpha value is -2.81. The molecular formula is C24H34N6O2. The molecule has 3 rings (SSSR count). The number of carbonyl (C=O) groups excluding carboxylic acids is 1. The van der Waals surface area contributed by atoms with Gasteiger partial charge in [-0.25, -0.2) is 4.99 Å². The molecule has 0 spiro atoms. The second kappa shape index (κ2) is 10.7. The molecule has 0 aliphatic carbocycles. The smallest absolute Gasteiger partial charge is 0.241 e. The Balaban J connectivity index is 1.80. The van der Waals surface area contributed by atoms with E-state index in [1.54, 1.807) is 7.05 Å². The molecule has 2 heterocycles. The summed E-state index contributed by atoms with van der Waals surface area (Å²) in [6.45, 7) is 14.0. The highest BCUT2D eigenvalue weighted by Crippen LogP contribution is 2.27. The molecule has 2 aromatic rings. The number of aliphatic hydroxyl groups is 1. The van der Waals surface area contributed by atoms with Crippen LogP contribution in [0.4, 0.5) is 5.69 Å². The minimum Gasteiger partial charge on any atom is -0.395 e. The minimum atomic E-state index is -0.244. The first kappa shape index (κ1) is 23.8. The number of β-amino-alcohol motifs (C(OH)–C–C–N with tert-alkyl or cyclic N) is 1. The van der Waals surface area contributed by atoms with Gasteiger partial charge in [-0.3, -0.25) is 19.6 Å². The van der Waals surface area contributed by atoms with Gasteiger partial charge in [-0.2, -0.15) is 0 Å². The van der Waals surface area contributed by atoms with Crippen molar-refractivity contribution in [1.29, 1.82) is 0 Å². The van der Waals surface area contributed by atoms with Crippen LogP contribution in [0.5, 0.6) is 0 Å². The zero-order valence-electron chi connectivity index (χ0n) is 19.5. The molecule has 1 atom stereocenters. The second-order valence-corrected chi connectivity index (χ2v) is 8.21. The second-order valence-electron chi connectivity index (χ2n) is 8.21. The van der Waals surface area contributed by atoms with Crippen LogP contribution in [-0.2, 0) is 4.79 Å². The van der Waals surface area contributed by atoms with E-state index in [1.807, 2.05) is 45.2 Å². The van der Waals surface area contributed by atoms with Crippen molar-refractivity contribution in [1.82, 2.24) is 14.8 Å². The zero-order valence-corrected chi connectivity index (χ0v) is 19.5. The first-order chi connectivity index (χ1) is 15.3. The lowest BCUT2D eigenvalue weighted by molar-refractivity contribution is -0.121. The van der Waals surface area contributed by atoms with Gasteiger partial charge < -0.3 is 15.4 Å². The van der Waals surface area contributed by atoms with Gasteiger partial charge in [0.2, 0.25) is 5.91 Å². The molecule has 8 nitrogen and oxygen atoms in total. The van der Waals surface area contributed by atoms with Crippen molar-refractivity contribution in [3.05, 3.63) is 42.1 Å². The molecule has 32 heavy (non-hydrogen) atoms. The Morgan fingerprint density at radius 2 is 2.00 bits per heavy atom. The molecule has 3 N–H and O–H groups in total. The van der Waals surface area contributed by atoms with Gasteiger partial charge in [0.15, 0.2) is 0 Å². The molecule has 0 saturated carbocycles. The predicted molar refractivity (Wildman–Crippen MR) is 132 cm³/mol. The number of para-hydroxylation sites is 1. The highest BCUT2D eigenvalue weighted by atomic mass is 16.3. The molecule has 1 aromatic carbocycles. The number of benzene rings is 1. The third-order valence-corrected chi connectivity index (χ3v) is 5.98. The Morgan fingerprint density at radius 3 is 2.62 bits per heavy atom. The predicted octanol–water partition coefficient (Wildman–Crippen LogP) is 2.52. The maximum Gasteiger partial charge on any atom is 0.241 e. The molecule has 0 radical (unpaired) electrons. The lowest BCUT2D eigenvalue weighted by Crippen LogP contribution is -2.53. The van der Waals surface area contributed by atoms with Gasteiger partial charge in [0.1, 0.15) is 5.84 Å². The van der Waals surface area contributed by atoms with Gasteiger partial charge in [-0.1, -0.05) is 18.7 Å². The average Bonchev–Trinajstić information content (AvgIpc) is 3.22. The largest absolute Gasteiger partial charge is 0.395 e. The molecule has 172 valence electrons. The van der Waals surface area contributed by atoms with E-state index in [2.05, 4.69) is 36.7 Å². The molecule has 1 unspecified atom stereocenters. The monoisotopic (exact) mass is 438 g/mol. The maximum atomic E-state index is 13.0. The molecule has 1 fully saturated rings. The zero-order chi connectivity index (χ0) is 23.3. The summed E-state index contributed by atoms with van der Waals surface area (Å²) < 4.78 is 0. The number of nitrogens with one attached hydrogen (secondary N) is 2. The van der Waals surface area contributed by atoms with E-state index in [0.717, 1.165) is 59.6 Å². The van der Waals surface area contributed by atoms with Crippen LogP contribution >= 0.6 is 0 Å². The summed E-state index contributed by atoms with van der Waals surface area (Å²) in [6, 6.07) is 5.61. The minimum absolute atomic E-state index is 0.0352. The number of nitrogens with zero attached hydrogens (tertiary/aromatic N) is 4. The number of aliphatic hydroxyl groups excluding tert-OH is 1. The topological polar surface area (TPSA) is 96.3 Å². The number of amides is 1. The standard InChI is InChI=1S/C24H34N6O2/c1-16(2)22(27-18(4)25-5)20-15-26-23-19(20)7-6-8-21(23)28-24(32)17(3)30-11-9-29(10-12-30)13-14-31/h6-8,15,17,26,31H,1,9-14H2,2-5H3,(H,28,32). The summed E-state index contributed by atoms with van der Waals surface area (Å²) in [6.07, 6.45) is 1.90. The van der Waals surface area contributed by atoms with Gasteiger partial charge in [-0.15, -0.1) is 0 Å². The maximum absolute atomic E-state index is 13.0. The fourth-order valence-corrected chi connectivity index (χ4v) is 3.97.